The Labute approximate surface area is 169 Å². The average molecular weight is 381 g/mol. The molecule has 2 aromatic rings. The summed E-state index contributed by atoms with van der Waals surface area (Å²) in [4.78, 5) is 7.00. The van der Waals surface area contributed by atoms with Crippen LogP contribution in [0.2, 0.25) is 5.02 Å². The smallest absolute Gasteiger partial charge is 0.0661 e. The Hall–Kier alpha value is -1.20. The van der Waals surface area contributed by atoms with Crippen LogP contribution in [0.3, 0.4) is 0 Å². The first-order valence-corrected chi connectivity index (χ1v) is 9.58. The molecule has 132 valence electrons. The number of piperazine rings is 1. The Balaban J connectivity index is 1.76. The molecule has 3 nitrogen and oxygen atoms in total. The van der Waals surface area contributed by atoms with Gasteiger partial charge in [-0.2, -0.15) is 0 Å². The van der Waals surface area contributed by atoms with Crippen LogP contribution in [0.4, 0.5) is 11.4 Å². The third-order valence-corrected chi connectivity index (χ3v) is 5.75. The van der Waals surface area contributed by atoms with Crippen molar-refractivity contribution in [1.29, 1.82) is 0 Å². The number of benzene rings is 2. The zero-order valence-electron chi connectivity index (χ0n) is 21.1. The molecule has 0 N–H and O–H groups in total. The van der Waals surface area contributed by atoms with E-state index >= 15 is 0 Å². The highest BCUT2D eigenvalue weighted by molar-refractivity contribution is 7.99. The average Bonchev–Trinajstić information content (AvgIpc) is 2.79. The normalized spacial score (nSPS) is 22.0. The van der Waals surface area contributed by atoms with E-state index in [-0.39, 0.29) is 47.3 Å². The van der Waals surface area contributed by atoms with Crippen LogP contribution in [-0.2, 0) is 0 Å². The van der Waals surface area contributed by atoms with Crippen molar-refractivity contribution in [2.75, 3.05) is 51.2 Å². The van der Waals surface area contributed by atoms with Crippen molar-refractivity contribution < 1.29 is 9.60 Å². The van der Waals surface area contributed by atoms with E-state index in [1.54, 1.807) is 4.90 Å². The molecule has 0 aliphatic carbocycles. The van der Waals surface area contributed by atoms with Gasteiger partial charge < -0.3 is 14.7 Å². The number of rotatable bonds is 4. The lowest BCUT2D eigenvalue weighted by Gasteiger charge is -2.35. The van der Waals surface area contributed by atoms with Gasteiger partial charge in [0.05, 0.1) is 21.0 Å². The lowest BCUT2D eigenvalue weighted by atomic mass is 10.2. The first kappa shape index (κ1) is 10.8. The summed E-state index contributed by atoms with van der Waals surface area (Å²) in [5.41, 5.74) is 0.658. The number of likely N-dealkylation sites (N-methyl/N-ethyl adjacent to an activating group) is 1. The van der Waals surface area contributed by atoms with Gasteiger partial charge in [0.2, 0.25) is 0 Å². The molecule has 0 spiro atoms. The molecule has 0 atom stereocenters. The quantitative estimate of drug-likeness (QED) is 0.767. The number of para-hydroxylation sites is 1. The van der Waals surface area contributed by atoms with Gasteiger partial charge in [0.1, 0.15) is 0 Å². The van der Waals surface area contributed by atoms with Crippen LogP contribution in [0.1, 0.15) is 16.0 Å². The number of fused-ring (bicyclic) bond motifs is 2. The van der Waals surface area contributed by atoms with Gasteiger partial charge in [-0.3, -0.25) is 0 Å². The van der Waals surface area contributed by atoms with Crippen molar-refractivity contribution in [2.45, 2.75) is 16.2 Å². The maximum atomic E-state index is 8.56. The van der Waals surface area contributed by atoms with E-state index in [1.807, 2.05) is 0 Å². The zero-order chi connectivity index (χ0) is 23.3. The molecule has 0 aromatic heterocycles. The van der Waals surface area contributed by atoms with Crippen molar-refractivity contribution >= 4 is 34.7 Å². The maximum Gasteiger partial charge on any atom is 0.0661 e. The second-order valence-electron chi connectivity index (χ2n) is 6.30. The molecule has 2 aromatic carbocycles. The molecule has 1 fully saturated rings. The van der Waals surface area contributed by atoms with Crippen molar-refractivity contribution in [1.82, 2.24) is 9.80 Å². The highest BCUT2D eigenvalue weighted by Gasteiger charge is 2.23. The fourth-order valence-corrected chi connectivity index (χ4v) is 4.21. The predicted molar refractivity (Wildman–Crippen MR) is 108 cm³/mol. The van der Waals surface area contributed by atoms with E-state index in [4.69, 9.17) is 21.2 Å². The standard InChI is InChI=1S/C20H24ClN3S/c1-22-11-13-23(14-12-22)9-4-10-24-17-5-2-3-6-19(17)25-20-8-7-16(21)15-18(20)24/h2-3,5-8,15H,4,9-14H2,1H3/i2D,3D,5D,6D,7D,8D,15D. The molecule has 0 saturated carbocycles. The summed E-state index contributed by atoms with van der Waals surface area (Å²) in [5, 5.41) is -0.122. The third kappa shape index (κ3) is 3.82. The lowest BCUT2D eigenvalue weighted by Crippen LogP contribution is -2.45. The molecule has 2 heterocycles. The SMILES string of the molecule is [2H]c1c([2H])c([2H])c2c(c1[2H])Sc1c([2H])c([2H])c(Cl)c([2H])c1N2CCCN1CCN(C)CC1. The van der Waals surface area contributed by atoms with Crippen molar-refractivity contribution in [2.24, 2.45) is 0 Å². The fraction of sp³-hybridized carbons (Fsp3) is 0.400. The summed E-state index contributed by atoms with van der Waals surface area (Å²) in [6.07, 6.45) is 0.711. The summed E-state index contributed by atoms with van der Waals surface area (Å²) >= 11 is 7.24. The van der Waals surface area contributed by atoms with Gasteiger partial charge in [-0.1, -0.05) is 35.4 Å². The number of anilines is 2. The summed E-state index contributed by atoms with van der Waals surface area (Å²) in [5.74, 6) is 0. The fourth-order valence-electron chi connectivity index (χ4n) is 3.15. The topological polar surface area (TPSA) is 9.72 Å². The molecule has 1 saturated heterocycles. The molecule has 0 radical (unpaired) electrons. The van der Waals surface area contributed by atoms with Gasteiger partial charge in [-0.25, -0.2) is 0 Å². The van der Waals surface area contributed by atoms with E-state index in [0.29, 0.717) is 34.1 Å². The van der Waals surface area contributed by atoms with Crippen LogP contribution >= 0.6 is 23.4 Å². The minimum absolute atomic E-state index is 0.0900. The first-order chi connectivity index (χ1) is 15.1. The molecule has 25 heavy (non-hydrogen) atoms. The summed E-state index contributed by atoms with van der Waals surface area (Å²) < 4.78 is 58.2. The highest BCUT2D eigenvalue weighted by atomic mass is 35.5. The molecule has 2 aliphatic heterocycles. The minimum Gasteiger partial charge on any atom is -0.340 e. The second-order valence-corrected chi connectivity index (χ2v) is 7.70. The molecule has 2 aliphatic rings. The van der Waals surface area contributed by atoms with E-state index in [1.165, 1.54) is 0 Å². The first-order valence-electron chi connectivity index (χ1n) is 11.9. The summed E-state index contributed by atoms with van der Waals surface area (Å²) in [7, 11) is 2.10. The second kappa shape index (κ2) is 7.58. The number of hydrogen-bond donors (Lipinski definition) is 0. The summed E-state index contributed by atoms with van der Waals surface area (Å²) in [6, 6.07) is -1.48. The molecule has 0 unspecified atom stereocenters. The van der Waals surface area contributed by atoms with Crippen molar-refractivity contribution in [3.63, 3.8) is 0 Å². The van der Waals surface area contributed by atoms with E-state index < -0.39 is 0 Å². The molecule has 5 heteroatoms. The summed E-state index contributed by atoms with van der Waals surface area (Å²) in [6.45, 7) is 5.16. The van der Waals surface area contributed by atoms with Gasteiger partial charge in [-0.05, 0) is 50.2 Å². The Morgan fingerprint density at radius 1 is 1.00 bits per heavy atom. The van der Waals surface area contributed by atoms with Gasteiger partial charge in [0.25, 0.3) is 0 Å². The molecule has 4 rings (SSSR count). The van der Waals surface area contributed by atoms with Crippen LogP contribution in [0.5, 0.6) is 0 Å². The Kier molecular flexibility index (Phi) is 3.29. The van der Waals surface area contributed by atoms with Crippen LogP contribution in [0.15, 0.2) is 52.1 Å². The Morgan fingerprint density at radius 3 is 2.60 bits per heavy atom. The molecular formula is C20H24ClN3S. The predicted octanol–water partition coefficient (Wildman–Crippen LogP) is 4.58. The van der Waals surface area contributed by atoms with Crippen LogP contribution < -0.4 is 4.90 Å². The Morgan fingerprint density at radius 2 is 1.76 bits per heavy atom. The zero-order valence-corrected chi connectivity index (χ0v) is 15.7. The highest BCUT2D eigenvalue weighted by Crippen LogP contribution is 2.48. The van der Waals surface area contributed by atoms with Crippen LogP contribution in [0, 0.1) is 0 Å². The Bertz CT molecular complexity index is 1010. The minimum atomic E-state index is -0.334. The monoisotopic (exact) mass is 380 g/mol. The van der Waals surface area contributed by atoms with E-state index in [9.17, 15) is 0 Å². The van der Waals surface area contributed by atoms with E-state index in [2.05, 4.69) is 16.8 Å². The number of halogens is 1. The van der Waals surface area contributed by atoms with Crippen molar-refractivity contribution in [3.05, 3.63) is 47.3 Å². The third-order valence-electron chi connectivity index (χ3n) is 4.56. The van der Waals surface area contributed by atoms with Gasteiger partial charge in [0.15, 0.2) is 0 Å². The number of hydrogen-bond acceptors (Lipinski definition) is 4. The molecule has 0 bridgehead atoms. The van der Waals surface area contributed by atoms with Gasteiger partial charge in [-0.15, -0.1) is 0 Å². The van der Waals surface area contributed by atoms with Crippen LogP contribution in [0.25, 0.3) is 0 Å². The van der Waals surface area contributed by atoms with E-state index in [0.717, 1.165) is 44.5 Å². The maximum absolute atomic E-state index is 8.56. The van der Waals surface area contributed by atoms with Gasteiger partial charge >= 0.3 is 0 Å². The molecular weight excluding hydrogens is 350 g/mol. The lowest BCUT2D eigenvalue weighted by molar-refractivity contribution is 0.153. The van der Waals surface area contributed by atoms with Crippen LogP contribution in [-0.4, -0.2) is 56.1 Å². The number of nitrogens with zero attached hydrogens (tertiary/aromatic N) is 3. The molecule has 0 amide bonds. The largest absolute Gasteiger partial charge is 0.340 e. The van der Waals surface area contributed by atoms with Gasteiger partial charge in [0, 0.05) is 47.5 Å². The van der Waals surface area contributed by atoms with Crippen molar-refractivity contribution in [3.8, 4) is 0 Å².